The molecule has 0 spiro atoms. The predicted octanol–water partition coefficient (Wildman–Crippen LogP) is 2.53. The molecule has 0 unspecified atom stereocenters. The number of carbonyl (C=O) groups excluding carboxylic acids is 1. The van der Waals surface area contributed by atoms with Crippen LogP contribution in [0.15, 0.2) is 40.1 Å². The Balaban J connectivity index is 1.89. The molecule has 110 valence electrons. The first-order valence-corrected chi connectivity index (χ1v) is 8.03. The van der Waals surface area contributed by atoms with Crippen molar-refractivity contribution in [3.05, 3.63) is 41.4 Å². The zero-order valence-corrected chi connectivity index (χ0v) is 13.0. The normalized spacial score (nSPS) is 10.3. The third-order valence-electron chi connectivity index (χ3n) is 2.70. The molecule has 0 aliphatic carbocycles. The van der Waals surface area contributed by atoms with Gasteiger partial charge in [0.2, 0.25) is 5.91 Å². The first kappa shape index (κ1) is 15.5. The van der Waals surface area contributed by atoms with Crippen LogP contribution in [0.25, 0.3) is 0 Å². The topological polar surface area (TPSA) is 70.5 Å². The van der Waals surface area contributed by atoms with Gasteiger partial charge in [0.05, 0.1) is 17.9 Å². The summed E-state index contributed by atoms with van der Waals surface area (Å²) in [7, 11) is 1.73. The van der Waals surface area contributed by atoms with Crippen LogP contribution in [0.3, 0.4) is 0 Å². The molecule has 0 aliphatic heterocycles. The fourth-order valence-electron chi connectivity index (χ4n) is 1.61. The zero-order chi connectivity index (χ0) is 15.2. The number of para-hydroxylation sites is 1. The lowest BCUT2D eigenvalue weighted by atomic mass is 10.3. The van der Waals surface area contributed by atoms with Gasteiger partial charge in [-0.1, -0.05) is 30.0 Å². The molecular weight excluding hydrogens is 308 g/mol. The number of aliphatic carboxylic acids is 1. The summed E-state index contributed by atoms with van der Waals surface area (Å²) >= 11 is 2.68. The Hall–Kier alpha value is -1.86. The number of nitrogens with zero attached hydrogens (tertiary/aromatic N) is 2. The maximum absolute atomic E-state index is 12.1. The first-order valence-electron chi connectivity index (χ1n) is 6.17. The van der Waals surface area contributed by atoms with Gasteiger partial charge in [0.15, 0.2) is 4.34 Å². The molecule has 1 aromatic carbocycles. The number of carboxylic acid groups (broad SMARTS) is 1. The van der Waals surface area contributed by atoms with Gasteiger partial charge in [-0.3, -0.25) is 9.59 Å². The molecule has 0 bridgehead atoms. The van der Waals surface area contributed by atoms with E-state index in [4.69, 9.17) is 5.11 Å². The van der Waals surface area contributed by atoms with Crippen molar-refractivity contribution >= 4 is 40.7 Å². The lowest BCUT2D eigenvalue weighted by Crippen LogP contribution is -2.27. The van der Waals surface area contributed by atoms with Gasteiger partial charge in [-0.15, -0.1) is 11.3 Å². The van der Waals surface area contributed by atoms with E-state index < -0.39 is 5.97 Å². The Bertz CT molecular complexity index is 628. The van der Waals surface area contributed by atoms with Crippen molar-refractivity contribution in [2.45, 2.75) is 10.8 Å². The van der Waals surface area contributed by atoms with Crippen LogP contribution in [0.5, 0.6) is 0 Å². The van der Waals surface area contributed by atoms with E-state index in [0.717, 1.165) is 5.69 Å². The average Bonchev–Trinajstić information content (AvgIpc) is 2.91. The second-order valence-corrected chi connectivity index (χ2v) is 6.33. The Morgan fingerprint density at radius 3 is 2.71 bits per heavy atom. The molecule has 21 heavy (non-hydrogen) atoms. The molecule has 1 heterocycles. The van der Waals surface area contributed by atoms with Crippen LogP contribution in [0.2, 0.25) is 0 Å². The summed E-state index contributed by atoms with van der Waals surface area (Å²) in [5.41, 5.74) is 1.37. The molecule has 0 radical (unpaired) electrons. The fourth-order valence-corrected chi connectivity index (χ4v) is 3.37. The number of anilines is 1. The number of amides is 1. The van der Waals surface area contributed by atoms with Gasteiger partial charge in [0.1, 0.15) is 0 Å². The van der Waals surface area contributed by atoms with Crippen LogP contribution < -0.4 is 4.90 Å². The number of hydrogen-bond donors (Lipinski definition) is 1. The highest BCUT2D eigenvalue weighted by Crippen LogP contribution is 2.24. The van der Waals surface area contributed by atoms with E-state index in [1.165, 1.54) is 23.1 Å². The molecule has 1 amide bonds. The summed E-state index contributed by atoms with van der Waals surface area (Å²) in [4.78, 5) is 28.5. The van der Waals surface area contributed by atoms with Crippen LogP contribution in [-0.2, 0) is 16.0 Å². The van der Waals surface area contributed by atoms with Gasteiger partial charge < -0.3 is 10.0 Å². The maximum atomic E-state index is 12.1. The number of benzene rings is 1. The summed E-state index contributed by atoms with van der Waals surface area (Å²) < 4.78 is 0.709. The molecule has 2 aromatic rings. The molecule has 1 aromatic heterocycles. The third-order valence-corrected chi connectivity index (χ3v) is 4.75. The molecule has 1 N–H and O–H groups in total. The number of thiazole rings is 1. The number of carbonyl (C=O) groups is 2. The Morgan fingerprint density at radius 2 is 2.05 bits per heavy atom. The molecule has 2 rings (SSSR count). The number of rotatable bonds is 6. The smallest absolute Gasteiger partial charge is 0.309 e. The number of aromatic nitrogens is 1. The average molecular weight is 322 g/mol. The summed E-state index contributed by atoms with van der Waals surface area (Å²) in [5.74, 6) is -0.663. The summed E-state index contributed by atoms with van der Waals surface area (Å²) in [6, 6.07) is 9.40. The van der Waals surface area contributed by atoms with Gasteiger partial charge in [-0.05, 0) is 12.1 Å². The third kappa shape index (κ3) is 4.57. The van der Waals surface area contributed by atoms with Crippen LogP contribution >= 0.6 is 23.1 Å². The molecule has 0 saturated heterocycles. The lowest BCUT2D eigenvalue weighted by molar-refractivity contribution is -0.136. The van der Waals surface area contributed by atoms with E-state index in [0.29, 0.717) is 10.0 Å². The minimum atomic E-state index is -0.906. The zero-order valence-electron chi connectivity index (χ0n) is 11.4. The van der Waals surface area contributed by atoms with E-state index in [1.54, 1.807) is 17.3 Å². The minimum absolute atomic E-state index is 0.0267. The summed E-state index contributed by atoms with van der Waals surface area (Å²) in [6.45, 7) is 0. The van der Waals surface area contributed by atoms with Gasteiger partial charge in [-0.25, -0.2) is 4.98 Å². The van der Waals surface area contributed by atoms with E-state index in [-0.39, 0.29) is 18.1 Å². The van der Waals surface area contributed by atoms with Crippen molar-refractivity contribution in [1.29, 1.82) is 0 Å². The van der Waals surface area contributed by atoms with Crippen molar-refractivity contribution in [2.75, 3.05) is 17.7 Å². The Morgan fingerprint density at radius 1 is 1.33 bits per heavy atom. The first-order chi connectivity index (χ1) is 10.1. The number of carboxylic acids is 1. The second-order valence-electron chi connectivity index (χ2n) is 4.25. The minimum Gasteiger partial charge on any atom is -0.481 e. The maximum Gasteiger partial charge on any atom is 0.309 e. The highest BCUT2D eigenvalue weighted by atomic mass is 32.2. The van der Waals surface area contributed by atoms with Crippen LogP contribution in [-0.4, -0.2) is 34.8 Å². The molecule has 0 atom stereocenters. The van der Waals surface area contributed by atoms with Gasteiger partial charge >= 0.3 is 5.97 Å². The largest absolute Gasteiger partial charge is 0.481 e. The lowest BCUT2D eigenvalue weighted by Gasteiger charge is -2.16. The van der Waals surface area contributed by atoms with Crippen molar-refractivity contribution in [1.82, 2.24) is 4.98 Å². The molecule has 5 nitrogen and oxygen atoms in total. The Labute approximate surface area is 130 Å². The molecule has 0 fully saturated rings. The second kappa shape index (κ2) is 7.24. The van der Waals surface area contributed by atoms with Gasteiger partial charge in [0, 0.05) is 18.1 Å². The molecule has 0 saturated carbocycles. The quantitative estimate of drug-likeness (QED) is 0.828. The van der Waals surface area contributed by atoms with Crippen LogP contribution in [0, 0.1) is 0 Å². The number of hydrogen-bond acceptors (Lipinski definition) is 5. The monoisotopic (exact) mass is 322 g/mol. The molecule has 7 heteroatoms. The standard InChI is InChI=1S/C14H14N2O3S2/c1-16(11-5-3-2-4-6-11)12(17)9-21-14-15-10(8-20-14)7-13(18)19/h2-6,8H,7,9H2,1H3,(H,18,19). The fraction of sp³-hybridized carbons (Fsp3) is 0.214. The number of thioether (sulfide) groups is 1. The Kier molecular flexibility index (Phi) is 5.35. The van der Waals surface area contributed by atoms with Crippen LogP contribution in [0.4, 0.5) is 5.69 Å². The SMILES string of the molecule is CN(C(=O)CSc1nc(CC(=O)O)cs1)c1ccccc1. The van der Waals surface area contributed by atoms with Crippen molar-refractivity contribution in [2.24, 2.45) is 0 Å². The molecular formula is C14H14N2O3S2. The van der Waals surface area contributed by atoms with E-state index in [2.05, 4.69) is 4.98 Å². The van der Waals surface area contributed by atoms with Crippen molar-refractivity contribution < 1.29 is 14.7 Å². The van der Waals surface area contributed by atoms with Crippen molar-refractivity contribution in [3.8, 4) is 0 Å². The molecule has 0 aliphatic rings. The van der Waals surface area contributed by atoms with Gasteiger partial charge in [0.25, 0.3) is 0 Å². The van der Waals surface area contributed by atoms with E-state index in [1.807, 2.05) is 30.3 Å². The predicted molar refractivity (Wildman–Crippen MR) is 84.0 cm³/mol. The van der Waals surface area contributed by atoms with Gasteiger partial charge in [-0.2, -0.15) is 0 Å². The highest BCUT2D eigenvalue weighted by molar-refractivity contribution is 8.01. The van der Waals surface area contributed by atoms with Crippen LogP contribution in [0.1, 0.15) is 5.69 Å². The van der Waals surface area contributed by atoms with Crippen molar-refractivity contribution in [3.63, 3.8) is 0 Å². The van der Waals surface area contributed by atoms with E-state index >= 15 is 0 Å². The summed E-state index contributed by atoms with van der Waals surface area (Å²) in [5, 5.41) is 10.4. The van der Waals surface area contributed by atoms with E-state index in [9.17, 15) is 9.59 Å². The highest BCUT2D eigenvalue weighted by Gasteiger charge is 2.13. The summed E-state index contributed by atoms with van der Waals surface area (Å²) in [6.07, 6.45) is -0.0884.